The Morgan fingerprint density at radius 2 is 1.04 bits per heavy atom. The number of aromatic amines is 2. The molecule has 0 unspecified atom stereocenters. The van der Waals surface area contributed by atoms with Crippen molar-refractivity contribution in [1.29, 1.82) is 0 Å². The van der Waals surface area contributed by atoms with Crippen LogP contribution in [0.3, 0.4) is 0 Å². The molecule has 0 radical (unpaired) electrons. The van der Waals surface area contributed by atoms with Crippen LogP contribution in [0, 0.1) is 0 Å². The number of hydrogen-bond acceptors (Lipinski definition) is 7. The monoisotopic (exact) mass is 747 g/mol. The maximum atomic E-state index is 14.1. The number of nitrogens with two attached hydrogens (primary N) is 3. The van der Waals surface area contributed by atoms with Crippen molar-refractivity contribution in [1.82, 2.24) is 31.2 Å². The van der Waals surface area contributed by atoms with Gasteiger partial charge in [-0.2, -0.15) is 0 Å². The van der Waals surface area contributed by atoms with Crippen molar-refractivity contribution in [2.45, 2.75) is 62.7 Å². The number of nitrogens with one attached hydrogen (secondary N) is 6. The van der Waals surface area contributed by atoms with Crippen molar-refractivity contribution in [3.8, 4) is 0 Å². The third-order valence-corrected chi connectivity index (χ3v) is 9.38. The minimum absolute atomic E-state index is 0.0562. The molecule has 0 saturated carbocycles. The predicted molar refractivity (Wildman–Crippen MR) is 213 cm³/mol. The summed E-state index contributed by atoms with van der Waals surface area (Å²) in [6.07, 6.45) is 7.88. The number of carbonyl (C=O) groups excluding carboxylic acids is 5. The van der Waals surface area contributed by atoms with Gasteiger partial charge in [-0.3, -0.25) is 24.0 Å². The highest BCUT2D eigenvalue weighted by Crippen LogP contribution is 2.21. The second-order valence-electron chi connectivity index (χ2n) is 13.4. The molecule has 4 atom stereocenters. The van der Waals surface area contributed by atoms with E-state index in [-0.39, 0.29) is 38.8 Å². The van der Waals surface area contributed by atoms with Gasteiger partial charge in [0.05, 0.1) is 0 Å². The van der Waals surface area contributed by atoms with Gasteiger partial charge in [0.2, 0.25) is 29.5 Å². The number of H-pyrrole nitrogens is 2. The van der Waals surface area contributed by atoms with Gasteiger partial charge in [-0.15, -0.1) is 0 Å². The molecule has 14 heteroatoms. The van der Waals surface area contributed by atoms with Crippen LogP contribution in [0.1, 0.15) is 42.4 Å². The van der Waals surface area contributed by atoms with Crippen LogP contribution in [-0.4, -0.2) is 76.8 Å². The molecule has 3 aromatic carbocycles. The van der Waals surface area contributed by atoms with Crippen molar-refractivity contribution in [2.75, 3.05) is 13.1 Å². The highest BCUT2D eigenvalue weighted by molar-refractivity contribution is 5.98. The number of amides is 5. The number of primary amides is 1. The minimum Gasteiger partial charge on any atom is -0.368 e. The fourth-order valence-electron chi connectivity index (χ4n) is 6.43. The molecule has 0 spiro atoms. The summed E-state index contributed by atoms with van der Waals surface area (Å²) in [6, 6.07) is 20.0. The summed E-state index contributed by atoms with van der Waals surface area (Å²) >= 11 is 0. The van der Waals surface area contributed by atoms with E-state index >= 15 is 0 Å². The Kier molecular flexibility index (Phi) is 14.3. The summed E-state index contributed by atoms with van der Waals surface area (Å²) in [5, 5.41) is 12.8. The van der Waals surface area contributed by atoms with Crippen LogP contribution < -0.4 is 38.5 Å². The minimum atomic E-state index is -1.18. The number of fused-ring (bicyclic) bond motifs is 2. The van der Waals surface area contributed by atoms with Gasteiger partial charge in [-0.05, 0) is 73.7 Å². The smallest absolute Gasteiger partial charge is 0.244 e. The third-order valence-electron chi connectivity index (χ3n) is 9.38. The number of aromatic nitrogens is 2. The van der Waals surface area contributed by atoms with Crippen LogP contribution in [0.25, 0.3) is 27.9 Å². The molecule has 5 amide bonds. The second kappa shape index (κ2) is 19.7. The van der Waals surface area contributed by atoms with E-state index < -0.39 is 53.7 Å². The van der Waals surface area contributed by atoms with E-state index in [4.69, 9.17) is 17.2 Å². The Labute approximate surface area is 319 Å². The molecular weight excluding hydrogens is 699 g/mol. The number of hydrogen-bond donors (Lipinski definition) is 9. The van der Waals surface area contributed by atoms with Gasteiger partial charge in [-0.1, -0.05) is 66.7 Å². The highest BCUT2D eigenvalue weighted by Gasteiger charge is 2.31. The first-order valence-corrected chi connectivity index (χ1v) is 18.4. The average Bonchev–Trinajstić information content (AvgIpc) is 3.80. The third kappa shape index (κ3) is 11.1. The van der Waals surface area contributed by atoms with Crippen LogP contribution >= 0.6 is 0 Å². The molecule has 0 fully saturated rings. The molecule has 0 saturated heterocycles. The van der Waals surface area contributed by atoms with Gasteiger partial charge >= 0.3 is 0 Å². The lowest BCUT2D eigenvalue weighted by Crippen LogP contribution is -2.58. The number of rotatable bonds is 20. The first-order chi connectivity index (χ1) is 26.7. The van der Waals surface area contributed by atoms with E-state index in [1.54, 1.807) is 18.5 Å². The molecular formula is C41H49N9O5. The standard InChI is InChI=1S/C41H49N9O5/c42-20-8-16-33(47-37(51)19-18-26-10-2-1-3-11-26)39(53)48-34(17-9-21-43)40(54)50-36(23-28-25-46-32-15-7-5-13-30(28)32)41(55)49-35(38(44)52)22-27-24-45-31-14-6-4-12-29(27)31/h1-7,10-15,18-19,24-25,33-36,45-46H,8-9,16-17,20-23,42-43H2,(H2,44,52)(H,47,51)(H,48,53)(H,49,55)(H,50,54)/b19-18+/t33-,34-,35-,36-/m0/s1. The summed E-state index contributed by atoms with van der Waals surface area (Å²) < 4.78 is 0. The van der Waals surface area contributed by atoms with Crippen LogP contribution in [0.2, 0.25) is 0 Å². The largest absolute Gasteiger partial charge is 0.368 e. The van der Waals surface area contributed by atoms with Crippen molar-refractivity contribution in [2.24, 2.45) is 17.2 Å². The molecule has 14 nitrogen and oxygen atoms in total. The molecule has 2 heterocycles. The fourth-order valence-corrected chi connectivity index (χ4v) is 6.43. The Bertz CT molecular complexity index is 2110. The Morgan fingerprint density at radius 1 is 0.582 bits per heavy atom. The number of carbonyl (C=O) groups is 5. The quantitative estimate of drug-likeness (QED) is 0.0536. The summed E-state index contributed by atoms with van der Waals surface area (Å²) in [6.45, 7) is 0.526. The summed E-state index contributed by atoms with van der Waals surface area (Å²) in [5.74, 6) is -3.09. The molecule has 288 valence electrons. The Hall–Kier alpha value is -6.25. The van der Waals surface area contributed by atoms with Crippen LogP contribution in [-0.2, 0) is 36.8 Å². The van der Waals surface area contributed by atoms with Crippen molar-refractivity contribution in [3.63, 3.8) is 0 Å². The SMILES string of the molecule is NCCC[C@H](NC(=O)/C=C/c1ccccc1)C(=O)N[C@@H](CCCN)C(=O)N[C@@H](Cc1c[nH]c2ccccc12)C(=O)N[C@@H](Cc1c[nH]c2ccccc12)C(N)=O. The van der Waals surface area contributed by atoms with Crippen molar-refractivity contribution in [3.05, 3.63) is 114 Å². The van der Waals surface area contributed by atoms with Gasteiger partial charge in [0.1, 0.15) is 24.2 Å². The zero-order valence-electron chi connectivity index (χ0n) is 30.6. The topological polar surface area (TPSA) is 243 Å². The maximum Gasteiger partial charge on any atom is 0.244 e. The number of para-hydroxylation sites is 2. The first-order valence-electron chi connectivity index (χ1n) is 18.4. The summed E-state index contributed by atoms with van der Waals surface area (Å²) in [7, 11) is 0. The normalized spacial score (nSPS) is 13.6. The van der Waals surface area contributed by atoms with Crippen LogP contribution in [0.4, 0.5) is 0 Å². The van der Waals surface area contributed by atoms with Gasteiger partial charge in [-0.25, -0.2) is 0 Å². The first kappa shape index (κ1) is 39.9. The molecule has 5 rings (SSSR count). The van der Waals surface area contributed by atoms with Gasteiger partial charge in [0.15, 0.2) is 0 Å². The Balaban J connectivity index is 1.35. The average molecular weight is 748 g/mol. The molecule has 0 aliphatic heterocycles. The molecule has 55 heavy (non-hydrogen) atoms. The van der Waals surface area contributed by atoms with Gasteiger partial charge in [0, 0.05) is 53.1 Å². The fraction of sp³-hybridized carbons (Fsp3) is 0.293. The van der Waals surface area contributed by atoms with E-state index in [9.17, 15) is 24.0 Å². The molecule has 5 aromatic rings. The lowest BCUT2D eigenvalue weighted by atomic mass is 10.0. The zero-order chi connectivity index (χ0) is 39.2. The molecule has 2 aromatic heterocycles. The molecule has 0 aliphatic rings. The van der Waals surface area contributed by atoms with Gasteiger partial charge < -0.3 is 48.4 Å². The summed E-state index contributed by atoms with van der Waals surface area (Å²) in [5.41, 5.74) is 21.4. The lowest BCUT2D eigenvalue weighted by Gasteiger charge is -2.26. The molecule has 0 aliphatic carbocycles. The zero-order valence-corrected chi connectivity index (χ0v) is 30.6. The molecule has 0 bridgehead atoms. The predicted octanol–water partition coefficient (Wildman–Crippen LogP) is 2.05. The maximum absolute atomic E-state index is 14.1. The number of benzene rings is 3. The molecule has 12 N–H and O–H groups in total. The second-order valence-corrected chi connectivity index (χ2v) is 13.4. The van der Waals surface area contributed by atoms with E-state index in [0.717, 1.165) is 38.5 Å². The summed E-state index contributed by atoms with van der Waals surface area (Å²) in [4.78, 5) is 73.8. The lowest BCUT2D eigenvalue weighted by molar-refractivity contribution is -0.134. The Morgan fingerprint density at radius 3 is 1.58 bits per heavy atom. The van der Waals surface area contributed by atoms with Crippen molar-refractivity contribution < 1.29 is 24.0 Å². The van der Waals surface area contributed by atoms with Crippen LogP contribution in [0.5, 0.6) is 0 Å². The van der Waals surface area contributed by atoms with E-state index in [2.05, 4.69) is 31.2 Å². The van der Waals surface area contributed by atoms with Crippen LogP contribution in [0.15, 0.2) is 97.3 Å². The van der Waals surface area contributed by atoms with Gasteiger partial charge in [0.25, 0.3) is 0 Å². The highest BCUT2D eigenvalue weighted by atomic mass is 16.2. The van der Waals surface area contributed by atoms with E-state index in [0.29, 0.717) is 12.8 Å². The van der Waals surface area contributed by atoms with Crippen molar-refractivity contribution >= 4 is 57.4 Å². The van der Waals surface area contributed by atoms with E-state index in [1.807, 2.05) is 78.9 Å². The van der Waals surface area contributed by atoms with E-state index in [1.165, 1.54) is 6.08 Å².